The van der Waals surface area contributed by atoms with Gasteiger partial charge in [0, 0.05) is 66.2 Å². The average molecular weight is 511 g/mol. The van der Waals surface area contributed by atoms with E-state index in [4.69, 9.17) is 11.6 Å². The number of halogens is 1. The third-order valence-corrected chi connectivity index (χ3v) is 8.64. The lowest BCUT2D eigenvalue weighted by Gasteiger charge is -2.43. The Balaban J connectivity index is 1.55. The summed E-state index contributed by atoms with van der Waals surface area (Å²) in [5, 5.41) is 0.718. The zero-order valence-electron chi connectivity index (χ0n) is 20.7. The number of fused-ring (bicyclic) bond motifs is 1. The molecule has 0 bridgehead atoms. The summed E-state index contributed by atoms with van der Waals surface area (Å²) in [5.74, 6) is -0.187. The van der Waals surface area contributed by atoms with Crippen LogP contribution in [0.4, 0.5) is 0 Å². The van der Waals surface area contributed by atoms with Crippen LogP contribution in [0.3, 0.4) is 0 Å². The first-order chi connectivity index (χ1) is 16.7. The summed E-state index contributed by atoms with van der Waals surface area (Å²) in [6.45, 7) is 10.0. The summed E-state index contributed by atoms with van der Waals surface area (Å²) < 4.78 is 1.06. The van der Waals surface area contributed by atoms with Crippen LogP contribution in [0.1, 0.15) is 42.7 Å². The van der Waals surface area contributed by atoms with Gasteiger partial charge in [0.2, 0.25) is 11.8 Å². The molecule has 2 atom stereocenters. The molecule has 35 heavy (non-hydrogen) atoms. The number of amides is 2. The molecule has 0 saturated carbocycles. The highest BCUT2D eigenvalue weighted by Gasteiger charge is 2.30. The van der Waals surface area contributed by atoms with Gasteiger partial charge in [-0.3, -0.25) is 24.4 Å². The average Bonchev–Trinajstić information content (AvgIpc) is 3.34. The fourth-order valence-corrected chi connectivity index (χ4v) is 6.97. The Morgan fingerprint density at radius 1 is 1.03 bits per heavy atom. The van der Waals surface area contributed by atoms with E-state index in [2.05, 4.69) is 60.8 Å². The number of piperazine rings is 1. The second-order valence-electron chi connectivity index (χ2n) is 10.00. The number of hydrogen-bond acceptors (Lipinski definition) is 6. The molecule has 2 amide bonds. The number of likely N-dealkylation sites (tertiary alicyclic amines) is 1. The number of carbonyl (C=O) groups excluding carboxylic acids is 2. The van der Waals surface area contributed by atoms with Gasteiger partial charge in [0.1, 0.15) is 0 Å². The number of benzene rings is 1. The van der Waals surface area contributed by atoms with Crippen LogP contribution in [-0.2, 0) is 22.7 Å². The lowest BCUT2D eigenvalue weighted by molar-refractivity contribution is -0.138. The predicted octanol–water partition coefficient (Wildman–Crippen LogP) is 5.10. The van der Waals surface area contributed by atoms with Crippen molar-refractivity contribution < 1.29 is 9.59 Å². The Bertz CT molecular complexity index is 1280. The van der Waals surface area contributed by atoms with Crippen LogP contribution >= 0.6 is 22.9 Å². The topological polar surface area (TPSA) is 56.8 Å². The standard InChI is InChI=1S/C27H31ClN4O2S/c1-16-9-19(28)10-22(23(16)15-31-17(2)12-30(4)13-18(31)3)21-7-8-29-24-11-20(35-27(21)24)14-32-25(33)5-6-26(32)34/h7-11,17-18H,5-6,12-15H2,1-4H3/t17-,18-/m0/s1. The molecule has 2 fully saturated rings. The minimum absolute atomic E-state index is 0.0937. The van der Waals surface area contributed by atoms with E-state index >= 15 is 0 Å². The molecular weight excluding hydrogens is 480 g/mol. The van der Waals surface area contributed by atoms with Gasteiger partial charge in [0.25, 0.3) is 0 Å². The molecule has 5 rings (SSSR count). The van der Waals surface area contributed by atoms with E-state index in [1.807, 2.05) is 12.3 Å². The monoisotopic (exact) mass is 510 g/mol. The predicted molar refractivity (Wildman–Crippen MR) is 142 cm³/mol. The van der Waals surface area contributed by atoms with Crippen molar-refractivity contribution >= 4 is 45.0 Å². The molecule has 0 radical (unpaired) electrons. The van der Waals surface area contributed by atoms with Gasteiger partial charge in [-0.1, -0.05) is 11.6 Å². The highest BCUT2D eigenvalue weighted by molar-refractivity contribution is 7.19. The Morgan fingerprint density at radius 3 is 2.40 bits per heavy atom. The number of aromatic nitrogens is 1. The van der Waals surface area contributed by atoms with Gasteiger partial charge in [-0.2, -0.15) is 0 Å². The summed E-state index contributed by atoms with van der Waals surface area (Å²) in [6.07, 6.45) is 2.45. The van der Waals surface area contributed by atoms with Gasteiger partial charge in [0.05, 0.1) is 16.8 Å². The number of nitrogens with zero attached hydrogens (tertiary/aromatic N) is 4. The Hall–Kier alpha value is -2.32. The molecule has 0 aliphatic carbocycles. The molecule has 0 unspecified atom stereocenters. The smallest absolute Gasteiger partial charge is 0.230 e. The van der Waals surface area contributed by atoms with Gasteiger partial charge in [-0.05, 0) is 68.8 Å². The summed E-state index contributed by atoms with van der Waals surface area (Å²) in [6, 6.07) is 9.08. The highest BCUT2D eigenvalue weighted by Crippen LogP contribution is 2.39. The van der Waals surface area contributed by atoms with Gasteiger partial charge in [0.15, 0.2) is 0 Å². The van der Waals surface area contributed by atoms with E-state index < -0.39 is 0 Å². The van der Waals surface area contributed by atoms with E-state index in [1.54, 1.807) is 11.3 Å². The number of hydrogen-bond donors (Lipinski definition) is 0. The summed E-state index contributed by atoms with van der Waals surface area (Å²) in [7, 11) is 2.19. The number of pyridine rings is 1. The number of carbonyl (C=O) groups is 2. The van der Waals surface area contributed by atoms with Crippen LogP contribution < -0.4 is 0 Å². The van der Waals surface area contributed by atoms with E-state index in [0.717, 1.165) is 50.9 Å². The maximum Gasteiger partial charge on any atom is 0.230 e. The molecule has 6 nitrogen and oxygen atoms in total. The second kappa shape index (κ2) is 9.62. The molecular formula is C27H31ClN4O2S. The van der Waals surface area contributed by atoms with Crippen molar-refractivity contribution in [2.24, 2.45) is 0 Å². The molecule has 2 aromatic heterocycles. The first-order valence-corrected chi connectivity index (χ1v) is 13.3. The molecule has 0 N–H and O–H groups in total. The van der Waals surface area contributed by atoms with Crippen LogP contribution in [0.25, 0.3) is 21.3 Å². The lowest BCUT2D eigenvalue weighted by Crippen LogP contribution is -2.54. The van der Waals surface area contributed by atoms with Crippen LogP contribution in [0, 0.1) is 6.92 Å². The lowest BCUT2D eigenvalue weighted by atomic mass is 9.94. The molecule has 4 heterocycles. The van der Waals surface area contributed by atoms with Gasteiger partial charge in [-0.25, -0.2) is 0 Å². The fraction of sp³-hybridized carbons (Fsp3) is 0.444. The Morgan fingerprint density at radius 2 is 1.71 bits per heavy atom. The normalized spacial score (nSPS) is 22.0. The number of thiophene rings is 1. The largest absolute Gasteiger partial charge is 0.303 e. The number of aryl methyl sites for hydroxylation is 1. The Kier molecular flexibility index (Phi) is 6.70. The molecule has 2 aliphatic heterocycles. The van der Waals surface area contributed by atoms with Gasteiger partial charge < -0.3 is 4.90 Å². The van der Waals surface area contributed by atoms with Crippen LogP contribution in [0.2, 0.25) is 5.02 Å². The first kappa shape index (κ1) is 24.4. The molecule has 3 aromatic rings. The first-order valence-electron chi connectivity index (χ1n) is 12.2. The zero-order chi connectivity index (χ0) is 24.9. The van der Waals surface area contributed by atoms with Crippen molar-refractivity contribution in [2.45, 2.75) is 58.8 Å². The molecule has 2 aliphatic rings. The minimum atomic E-state index is -0.0937. The van der Waals surface area contributed by atoms with Crippen molar-refractivity contribution in [3.63, 3.8) is 0 Å². The summed E-state index contributed by atoms with van der Waals surface area (Å²) in [4.78, 5) is 36.2. The SMILES string of the molecule is Cc1cc(Cl)cc(-c2ccnc3cc(CN4C(=O)CCC4=O)sc23)c1CN1[C@@H](C)CN(C)C[C@@H]1C. The minimum Gasteiger partial charge on any atom is -0.303 e. The maximum absolute atomic E-state index is 12.1. The third-order valence-electron chi connectivity index (χ3n) is 7.28. The van der Waals surface area contributed by atoms with Crippen LogP contribution in [0.15, 0.2) is 30.5 Å². The number of likely N-dealkylation sites (N-methyl/N-ethyl adjacent to an activating group) is 1. The van der Waals surface area contributed by atoms with Crippen molar-refractivity contribution in [3.05, 3.63) is 51.5 Å². The quantitative estimate of drug-likeness (QED) is 0.447. The fourth-order valence-electron chi connectivity index (χ4n) is 5.57. The van der Waals surface area contributed by atoms with E-state index in [-0.39, 0.29) is 11.8 Å². The van der Waals surface area contributed by atoms with Crippen molar-refractivity contribution in [3.8, 4) is 11.1 Å². The highest BCUT2D eigenvalue weighted by atomic mass is 35.5. The van der Waals surface area contributed by atoms with E-state index in [1.165, 1.54) is 16.0 Å². The van der Waals surface area contributed by atoms with Crippen LogP contribution in [0.5, 0.6) is 0 Å². The summed E-state index contributed by atoms with van der Waals surface area (Å²) in [5.41, 5.74) is 5.57. The number of imide groups is 1. The maximum atomic E-state index is 12.1. The van der Waals surface area contributed by atoms with E-state index in [9.17, 15) is 9.59 Å². The van der Waals surface area contributed by atoms with Gasteiger partial charge in [-0.15, -0.1) is 11.3 Å². The molecule has 0 spiro atoms. The van der Waals surface area contributed by atoms with Gasteiger partial charge >= 0.3 is 0 Å². The number of rotatable bonds is 5. The molecule has 2 saturated heterocycles. The zero-order valence-corrected chi connectivity index (χ0v) is 22.2. The second-order valence-corrected chi connectivity index (χ2v) is 11.6. The summed E-state index contributed by atoms with van der Waals surface area (Å²) >= 11 is 8.18. The van der Waals surface area contributed by atoms with E-state index in [0.29, 0.717) is 31.5 Å². The van der Waals surface area contributed by atoms with Crippen molar-refractivity contribution in [1.82, 2.24) is 19.7 Å². The molecule has 8 heteroatoms. The molecule has 1 aromatic carbocycles. The van der Waals surface area contributed by atoms with Crippen LogP contribution in [-0.4, -0.2) is 63.7 Å². The Labute approximate surface area is 215 Å². The third kappa shape index (κ3) is 4.75. The molecule has 184 valence electrons. The van der Waals surface area contributed by atoms with Crippen molar-refractivity contribution in [1.29, 1.82) is 0 Å². The van der Waals surface area contributed by atoms with Crippen molar-refractivity contribution in [2.75, 3.05) is 20.1 Å².